The lowest BCUT2D eigenvalue weighted by atomic mass is 9.88. The van der Waals surface area contributed by atoms with Crippen molar-refractivity contribution in [2.75, 3.05) is 13.2 Å². The average molecular weight is 214 g/mol. The molecule has 3 N–H and O–H groups in total. The second-order valence-electron chi connectivity index (χ2n) is 4.22. The molecule has 1 atom stereocenters. The summed E-state index contributed by atoms with van der Waals surface area (Å²) < 4.78 is 39.7. The van der Waals surface area contributed by atoms with E-state index in [0.717, 1.165) is 0 Å². The van der Waals surface area contributed by atoms with Crippen molar-refractivity contribution in [2.24, 2.45) is 11.3 Å². The molecule has 6 heteroatoms. The molecule has 0 aromatic carbocycles. The Bertz CT molecular complexity index is 165. The topological polar surface area (TPSA) is 47.3 Å². The first-order valence-electron chi connectivity index (χ1n) is 4.27. The van der Waals surface area contributed by atoms with Gasteiger partial charge in [-0.15, -0.1) is 0 Å². The second kappa shape index (κ2) is 4.95. The van der Waals surface area contributed by atoms with E-state index in [1.807, 2.05) is 20.8 Å². The summed E-state index contributed by atoms with van der Waals surface area (Å²) in [5.41, 5.74) is 2.20. The van der Waals surface area contributed by atoms with E-state index >= 15 is 0 Å². The van der Waals surface area contributed by atoms with Crippen molar-refractivity contribution >= 4 is 0 Å². The molecule has 14 heavy (non-hydrogen) atoms. The van der Waals surface area contributed by atoms with Gasteiger partial charge in [0, 0.05) is 6.04 Å². The van der Waals surface area contributed by atoms with Crippen molar-refractivity contribution in [3.05, 3.63) is 0 Å². The molecular formula is C8H17F3N2O. The summed E-state index contributed by atoms with van der Waals surface area (Å²) in [6.07, 6.45) is -4.28. The third-order valence-corrected chi connectivity index (χ3v) is 1.80. The molecule has 3 nitrogen and oxygen atoms in total. The SMILES string of the molecule is CC(C)(C)C(COCC(F)(F)F)NN. The van der Waals surface area contributed by atoms with Gasteiger partial charge in [-0.05, 0) is 5.41 Å². The van der Waals surface area contributed by atoms with Crippen molar-refractivity contribution in [1.29, 1.82) is 0 Å². The number of alkyl halides is 3. The summed E-state index contributed by atoms with van der Waals surface area (Å²) in [6, 6.07) is -0.301. The lowest BCUT2D eigenvalue weighted by Crippen LogP contribution is -2.47. The summed E-state index contributed by atoms with van der Waals surface area (Å²) in [5.74, 6) is 5.20. The van der Waals surface area contributed by atoms with E-state index in [-0.39, 0.29) is 18.1 Å². The van der Waals surface area contributed by atoms with Crippen LogP contribution in [0, 0.1) is 5.41 Å². The van der Waals surface area contributed by atoms with Gasteiger partial charge < -0.3 is 4.74 Å². The van der Waals surface area contributed by atoms with Crippen molar-refractivity contribution in [3.8, 4) is 0 Å². The van der Waals surface area contributed by atoms with Crippen LogP contribution in [0.3, 0.4) is 0 Å². The van der Waals surface area contributed by atoms with E-state index in [0.29, 0.717) is 0 Å². The highest BCUT2D eigenvalue weighted by molar-refractivity contribution is 4.78. The van der Waals surface area contributed by atoms with Gasteiger partial charge in [-0.3, -0.25) is 11.3 Å². The van der Waals surface area contributed by atoms with Gasteiger partial charge in [0.15, 0.2) is 0 Å². The van der Waals surface area contributed by atoms with Gasteiger partial charge in [-0.25, -0.2) is 0 Å². The molecule has 0 spiro atoms. The monoisotopic (exact) mass is 214 g/mol. The summed E-state index contributed by atoms with van der Waals surface area (Å²) in [4.78, 5) is 0. The third-order valence-electron chi connectivity index (χ3n) is 1.80. The zero-order valence-corrected chi connectivity index (χ0v) is 8.61. The van der Waals surface area contributed by atoms with E-state index in [9.17, 15) is 13.2 Å². The number of hydrazine groups is 1. The lowest BCUT2D eigenvalue weighted by molar-refractivity contribution is -0.176. The Labute approximate surface area is 81.8 Å². The first-order valence-corrected chi connectivity index (χ1v) is 4.27. The molecule has 0 bridgehead atoms. The summed E-state index contributed by atoms with van der Waals surface area (Å²) in [5, 5.41) is 0. The molecule has 0 saturated carbocycles. The Balaban J connectivity index is 3.87. The molecule has 0 aliphatic carbocycles. The Kier molecular flexibility index (Phi) is 4.83. The van der Waals surface area contributed by atoms with Crippen LogP contribution >= 0.6 is 0 Å². The highest BCUT2D eigenvalue weighted by atomic mass is 19.4. The Morgan fingerprint density at radius 2 is 1.79 bits per heavy atom. The van der Waals surface area contributed by atoms with Gasteiger partial charge >= 0.3 is 6.18 Å². The number of nitrogens with two attached hydrogens (primary N) is 1. The van der Waals surface area contributed by atoms with Crippen LogP contribution in [0.25, 0.3) is 0 Å². The summed E-state index contributed by atoms with van der Waals surface area (Å²) in [7, 11) is 0. The molecule has 0 rings (SSSR count). The standard InChI is InChI=1S/C8H17F3N2O/c1-7(2,3)6(13-12)4-14-5-8(9,10)11/h6,13H,4-5,12H2,1-3H3. The molecule has 0 saturated heterocycles. The van der Waals surface area contributed by atoms with Gasteiger partial charge in [0.25, 0.3) is 0 Å². The van der Waals surface area contributed by atoms with Gasteiger partial charge in [0.1, 0.15) is 6.61 Å². The van der Waals surface area contributed by atoms with E-state index in [1.165, 1.54) is 0 Å². The van der Waals surface area contributed by atoms with Crippen molar-refractivity contribution in [3.63, 3.8) is 0 Å². The highest BCUT2D eigenvalue weighted by Gasteiger charge is 2.29. The lowest BCUT2D eigenvalue weighted by Gasteiger charge is -2.29. The van der Waals surface area contributed by atoms with E-state index in [1.54, 1.807) is 0 Å². The predicted octanol–water partition coefficient (Wildman–Crippen LogP) is 1.44. The van der Waals surface area contributed by atoms with E-state index in [2.05, 4.69) is 10.2 Å². The fourth-order valence-electron chi connectivity index (χ4n) is 0.841. The fourth-order valence-corrected chi connectivity index (χ4v) is 0.841. The zero-order valence-electron chi connectivity index (χ0n) is 8.61. The molecule has 1 unspecified atom stereocenters. The molecular weight excluding hydrogens is 197 g/mol. The van der Waals surface area contributed by atoms with E-state index in [4.69, 9.17) is 5.84 Å². The molecule has 0 fully saturated rings. The summed E-state index contributed by atoms with van der Waals surface area (Å²) >= 11 is 0. The molecule has 0 aromatic rings. The maximum absolute atomic E-state index is 11.7. The normalized spacial score (nSPS) is 15.6. The number of halogens is 3. The molecule has 0 aliphatic heterocycles. The van der Waals surface area contributed by atoms with Crippen LogP contribution in [0.2, 0.25) is 0 Å². The minimum Gasteiger partial charge on any atom is -0.370 e. The van der Waals surface area contributed by atoms with Crippen molar-refractivity contribution in [1.82, 2.24) is 5.43 Å². The molecule has 0 aliphatic rings. The number of rotatable bonds is 4. The smallest absolute Gasteiger partial charge is 0.370 e. The van der Waals surface area contributed by atoms with Gasteiger partial charge in [0.05, 0.1) is 6.61 Å². The molecule has 0 aromatic heterocycles. The molecule has 0 heterocycles. The number of hydrogen-bond acceptors (Lipinski definition) is 3. The maximum atomic E-state index is 11.7. The Morgan fingerprint density at radius 3 is 2.07 bits per heavy atom. The van der Waals surface area contributed by atoms with Crippen LogP contribution in [-0.2, 0) is 4.74 Å². The minimum absolute atomic E-state index is 0.0560. The van der Waals surface area contributed by atoms with Crippen molar-refractivity contribution < 1.29 is 17.9 Å². The van der Waals surface area contributed by atoms with Crippen molar-refractivity contribution in [2.45, 2.75) is 33.0 Å². The van der Waals surface area contributed by atoms with Crippen LogP contribution in [0.5, 0.6) is 0 Å². The van der Waals surface area contributed by atoms with Gasteiger partial charge in [-0.2, -0.15) is 13.2 Å². The van der Waals surface area contributed by atoms with Crippen LogP contribution < -0.4 is 11.3 Å². The number of ether oxygens (including phenoxy) is 1. The predicted molar refractivity (Wildman–Crippen MR) is 47.4 cm³/mol. The first-order chi connectivity index (χ1) is 6.17. The van der Waals surface area contributed by atoms with Gasteiger partial charge in [0.2, 0.25) is 0 Å². The minimum atomic E-state index is -4.28. The highest BCUT2D eigenvalue weighted by Crippen LogP contribution is 2.20. The van der Waals surface area contributed by atoms with Crippen LogP contribution in [0.4, 0.5) is 13.2 Å². The Hall–Kier alpha value is -0.330. The van der Waals surface area contributed by atoms with E-state index < -0.39 is 12.8 Å². The van der Waals surface area contributed by atoms with Crippen LogP contribution in [0.15, 0.2) is 0 Å². The molecule has 86 valence electrons. The second-order valence-corrected chi connectivity index (χ2v) is 4.22. The average Bonchev–Trinajstić information content (AvgIpc) is 1.93. The summed E-state index contributed by atoms with van der Waals surface area (Å²) in [6.45, 7) is 4.32. The quantitative estimate of drug-likeness (QED) is 0.550. The van der Waals surface area contributed by atoms with Crippen LogP contribution in [-0.4, -0.2) is 25.4 Å². The largest absolute Gasteiger partial charge is 0.411 e. The van der Waals surface area contributed by atoms with Gasteiger partial charge in [-0.1, -0.05) is 20.8 Å². The zero-order chi connectivity index (χ0) is 11.4. The first kappa shape index (κ1) is 13.7. The fraction of sp³-hybridized carbons (Fsp3) is 1.00. The third kappa shape index (κ3) is 6.17. The Morgan fingerprint density at radius 1 is 1.29 bits per heavy atom. The maximum Gasteiger partial charge on any atom is 0.411 e. The van der Waals surface area contributed by atoms with Crippen LogP contribution in [0.1, 0.15) is 20.8 Å². The molecule has 0 amide bonds. The molecule has 0 radical (unpaired) electrons. The number of nitrogens with one attached hydrogen (secondary N) is 1. The number of hydrogen-bond donors (Lipinski definition) is 2.